The van der Waals surface area contributed by atoms with E-state index in [9.17, 15) is 9.59 Å². The third kappa shape index (κ3) is 11.0. The van der Waals surface area contributed by atoms with Gasteiger partial charge in [-0.2, -0.15) is 8.42 Å². The number of carbonyl (C=O) groups excluding carboxylic acids is 2. The lowest BCUT2D eigenvalue weighted by Gasteiger charge is -1.87. The predicted octanol–water partition coefficient (Wildman–Crippen LogP) is 0.279. The molecule has 0 radical (unpaired) electrons. The monoisotopic (exact) mass is 224 g/mol. The van der Waals surface area contributed by atoms with E-state index in [0.717, 1.165) is 0 Å². The number of carbonyl (C=O) groups is 2. The molecule has 1 aliphatic carbocycles. The van der Waals surface area contributed by atoms with Crippen molar-refractivity contribution in [2.24, 2.45) is 0 Å². The van der Waals surface area contributed by atoms with Gasteiger partial charge in [-0.3, -0.25) is 14.1 Å². The van der Waals surface area contributed by atoms with Gasteiger partial charge >= 0.3 is 9.33 Å². The third-order valence-electron chi connectivity index (χ3n) is 0.824. The Morgan fingerprint density at radius 3 is 1.31 bits per heavy atom. The summed E-state index contributed by atoms with van der Waals surface area (Å²) < 4.78 is 25.2. The molecule has 0 aromatic heterocycles. The summed E-state index contributed by atoms with van der Waals surface area (Å²) in [7, 11) is -0.137. The summed E-state index contributed by atoms with van der Waals surface area (Å²) in [5.74, 6) is -0.241. The molecule has 5 nitrogen and oxygen atoms in total. The Balaban J connectivity index is 0.000000252. The highest BCUT2D eigenvalue weighted by Crippen LogP contribution is 1.90. The first-order chi connectivity index (χ1) is 5.79. The number of ketones is 2. The summed E-state index contributed by atoms with van der Waals surface area (Å²) in [5, 5.41) is 0. The minimum atomic E-state index is -4.19. The van der Waals surface area contributed by atoms with Crippen molar-refractivity contribution in [1.29, 1.82) is 0 Å². The average molecular weight is 225 g/mol. The lowest BCUT2D eigenvalue weighted by Crippen LogP contribution is -1.97. The fraction of sp³-hybridized carbons (Fsp3) is 0. The van der Waals surface area contributed by atoms with E-state index in [2.05, 4.69) is 10.7 Å². The Morgan fingerprint density at radius 1 is 1.00 bits per heavy atom. The van der Waals surface area contributed by atoms with Crippen LogP contribution in [0.3, 0.4) is 0 Å². The molecule has 0 unspecified atom stereocenters. The van der Waals surface area contributed by atoms with Crippen LogP contribution in [0, 0.1) is 0 Å². The molecule has 0 heterocycles. The van der Waals surface area contributed by atoms with Gasteiger partial charge in [-0.05, 0) is 24.3 Å². The molecule has 7 heteroatoms. The molecule has 0 bridgehead atoms. The molecular formula is C6H5ClO5S. The Bertz CT molecular complexity index is 318. The second-order valence-corrected chi connectivity index (χ2v) is 3.88. The molecule has 0 fully saturated rings. The highest BCUT2D eigenvalue weighted by molar-refractivity contribution is 8.09. The van der Waals surface area contributed by atoms with Crippen molar-refractivity contribution in [3.05, 3.63) is 24.3 Å². The van der Waals surface area contributed by atoms with Crippen LogP contribution in [0.5, 0.6) is 0 Å². The summed E-state index contributed by atoms with van der Waals surface area (Å²) in [6, 6.07) is 0. The van der Waals surface area contributed by atoms with E-state index in [1.807, 2.05) is 0 Å². The van der Waals surface area contributed by atoms with Gasteiger partial charge in [0, 0.05) is 10.7 Å². The number of hydrogen-bond acceptors (Lipinski definition) is 4. The van der Waals surface area contributed by atoms with Gasteiger partial charge in [0.05, 0.1) is 0 Å². The van der Waals surface area contributed by atoms with E-state index in [0.29, 0.717) is 0 Å². The minimum absolute atomic E-state index is 0.121. The first-order valence-electron chi connectivity index (χ1n) is 2.90. The second kappa shape index (κ2) is 4.90. The summed E-state index contributed by atoms with van der Waals surface area (Å²) in [6.45, 7) is 0. The fourth-order valence-corrected chi connectivity index (χ4v) is 0.440. The number of hydrogen-bond donors (Lipinski definition) is 1. The fourth-order valence-electron chi connectivity index (χ4n) is 0.440. The maximum absolute atomic E-state index is 10.3. The van der Waals surface area contributed by atoms with Crippen molar-refractivity contribution in [2.45, 2.75) is 0 Å². The molecule has 72 valence electrons. The topological polar surface area (TPSA) is 88.5 Å². The van der Waals surface area contributed by atoms with Crippen LogP contribution in [0.15, 0.2) is 24.3 Å². The zero-order valence-electron chi connectivity index (χ0n) is 6.18. The van der Waals surface area contributed by atoms with Gasteiger partial charge < -0.3 is 0 Å². The SMILES string of the molecule is O=C1C=CC(=O)C=C1.O=S(=O)(O)Cl. The van der Waals surface area contributed by atoms with Crippen molar-refractivity contribution in [2.75, 3.05) is 0 Å². The lowest BCUT2D eigenvalue weighted by molar-refractivity contribution is -0.113. The van der Waals surface area contributed by atoms with Gasteiger partial charge in [0.1, 0.15) is 0 Å². The van der Waals surface area contributed by atoms with Crippen LogP contribution in [0.25, 0.3) is 0 Å². The Hall–Kier alpha value is -0.980. The van der Waals surface area contributed by atoms with Crippen molar-refractivity contribution in [3.8, 4) is 0 Å². The molecule has 0 aromatic carbocycles. The maximum Gasteiger partial charge on any atom is 0.353 e. The first-order valence-corrected chi connectivity index (χ1v) is 5.17. The van der Waals surface area contributed by atoms with Crippen LogP contribution >= 0.6 is 10.7 Å². The molecule has 1 rings (SSSR count). The average Bonchev–Trinajstić information content (AvgIpc) is 1.92. The smallest absolute Gasteiger partial charge is 0.290 e. The van der Waals surface area contributed by atoms with E-state index in [4.69, 9.17) is 13.0 Å². The Labute approximate surface area is 78.9 Å². The molecule has 0 atom stereocenters. The zero-order valence-corrected chi connectivity index (χ0v) is 7.75. The summed E-state index contributed by atoms with van der Waals surface area (Å²) in [4.78, 5) is 20.6. The second-order valence-electron chi connectivity index (χ2n) is 1.88. The summed E-state index contributed by atoms with van der Waals surface area (Å²) in [5.41, 5.74) is 0. The van der Waals surface area contributed by atoms with Gasteiger partial charge in [0.25, 0.3) is 0 Å². The van der Waals surface area contributed by atoms with E-state index in [1.165, 1.54) is 24.3 Å². The quantitative estimate of drug-likeness (QED) is 0.363. The largest absolute Gasteiger partial charge is 0.353 e. The molecule has 1 aliphatic rings. The van der Waals surface area contributed by atoms with Crippen LogP contribution in [0.1, 0.15) is 0 Å². The van der Waals surface area contributed by atoms with Crippen molar-refractivity contribution in [1.82, 2.24) is 0 Å². The van der Waals surface area contributed by atoms with E-state index in [1.54, 1.807) is 0 Å². The van der Waals surface area contributed by atoms with Crippen LogP contribution in [0.2, 0.25) is 0 Å². The molecule has 13 heavy (non-hydrogen) atoms. The molecule has 0 aromatic rings. The van der Waals surface area contributed by atoms with Gasteiger partial charge in [0.2, 0.25) is 0 Å². The predicted molar refractivity (Wildman–Crippen MR) is 45.7 cm³/mol. The van der Waals surface area contributed by atoms with Crippen molar-refractivity contribution >= 4 is 31.6 Å². The molecule has 0 saturated heterocycles. The standard InChI is InChI=1S/C6H4O2.ClHO3S/c7-5-1-2-6(8)4-3-5;1-5(2,3)4/h1-4H;(H,2,3,4). The molecule has 0 spiro atoms. The number of halogens is 1. The lowest BCUT2D eigenvalue weighted by atomic mass is 10.2. The van der Waals surface area contributed by atoms with Crippen LogP contribution < -0.4 is 0 Å². The van der Waals surface area contributed by atoms with Crippen molar-refractivity contribution in [3.63, 3.8) is 0 Å². The Kier molecular flexibility index (Phi) is 4.53. The van der Waals surface area contributed by atoms with E-state index < -0.39 is 9.33 Å². The van der Waals surface area contributed by atoms with Crippen molar-refractivity contribution < 1.29 is 22.6 Å². The summed E-state index contributed by atoms with van der Waals surface area (Å²) in [6.07, 6.45) is 5.01. The maximum atomic E-state index is 10.3. The third-order valence-corrected chi connectivity index (χ3v) is 0.824. The molecule has 0 saturated carbocycles. The van der Waals surface area contributed by atoms with Gasteiger partial charge in [-0.15, -0.1) is 0 Å². The first kappa shape index (κ1) is 12.0. The molecule has 1 N–H and O–H groups in total. The highest BCUT2D eigenvalue weighted by Gasteiger charge is 1.97. The van der Waals surface area contributed by atoms with Crippen LogP contribution in [0.4, 0.5) is 0 Å². The normalized spacial score (nSPS) is 15.2. The minimum Gasteiger partial charge on any atom is -0.290 e. The van der Waals surface area contributed by atoms with Gasteiger partial charge in [0.15, 0.2) is 11.6 Å². The molecular weight excluding hydrogens is 220 g/mol. The highest BCUT2D eigenvalue weighted by atomic mass is 35.7. The van der Waals surface area contributed by atoms with Gasteiger partial charge in [-0.1, -0.05) is 0 Å². The summed E-state index contributed by atoms with van der Waals surface area (Å²) >= 11 is 0. The van der Waals surface area contributed by atoms with Gasteiger partial charge in [-0.25, -0.2) is 0 Å². The Morgan fingerprint density at radius 2 is 1.15 bits per heavy atom. The number of rotatable bonds is 0. The van der Waals surface area contributed by atoms with Crippen LogP contribution in [-0.4, -0.2) is 24.5 Å². The number of allylic oxidation sites excluding steroid dienone is 4. The van der Waals surface area contributed by atoms with Crippen LogP contribution in [-0.2, 0) is 18.9 Å². The molecule has 0 aliphatic heterocycles. The van der Waals surface area contributed by atoms with E-state index in [-0.39, 0.29) is 11.6 Å². The zero-order chi connectivity index (χ0) is 10.5. The van der Waals surface area contributed by atoms with E-state index >= 15 is 0 Å². The molecule has 0 amide bonds.